The number of nitrogens with zero attached hydrogens (tertiary/aromatic N) is 2. The molecule has 1 N–H and O–H groups in total. The fraction of sp³-hybridized carbons (Fsp3) is 0.471. The highest BCUT2D eigenvalue weighted by atomic mass is 32.2. The summed E-state index contributed by atoms with van der Waals surface area (Å²) < 4.78 is 7.83. The van der Waals surface area contributed by atoms with Gasteiger partial charge >= 0.3 is 0 Å². The highest BCUT2D eigenvalue weighted by Crippen LogP contribution is 2.25. The average Bonchev–Trinajstić information content (AvgIpc) is 3.16. The fourth-order valence-electron chi connectivity index (χ4n) is 2.77. The summed E-state index contributed by atoms with van der Waals surface area (Å²) in [6.07, 6.45) is 4.23. The van der Waals surface area contributed by atoms with Crippen LogP contribution in [0, 0.1) is 6.92 Å². The highest BCUT2D eigenvalue weighted by molar-refractivity contribution is 7.98. The first-order valence-electron chi connectivity index (χ1n) is 7.71. The molecule has 1 aromatic carbocycles. The summed E-state index contributed by atoms with van der Waals surface area (Å²) in [5, 5.41) is 10.5. The van der Waals surface area contributed by atoms with Crippen LogP contribution in [-0.2, 0) is 23.6 Å². The number of rotatable bonds is 6. The highest BCUT2D eigenvalue weighted by Gasteiger charge is 2.19. The lowest BCUT2D eigenvalue weighted by Gasteiger charge is -2.15. The first-order valence-corrected chi connectivity index (χ1v) is 8.70. The van der Waals surface area contributed by atoms with E-state index in [4.69, 9.17) is 4.74 Å². The zero-order chi connectivity index (χ0) is 15.4. The lowest BCUT2D eigenvalue weighted by Crippen LogP contribution is -2.17. The van der Waals surface area contributed by atoms with Gasteiger partial charge in [-0.1, -0.05) is 41.6 Å². The van der Waals surface area contributed by atoms with E-state index in [9.17, 15) is 5.11 Å². The summed E-state index contributed by atoms with van der Waals surface area (Å²) in [4.78, 5) is 4.48. The molecule has 5 heteroatoms. The van der Waals surface area contributed by atoms with Crippen LogP contribution in [0.4, 0.5) is 0 Å². The van der Waals surface area contributed by atoms with E-state index in [0.29, 0.717) is 0 Å². The number of benzene rings is 1. The number of aliphatic hydroxyl groups excluding tert-OH is 1. The van der Waals surface area contributed by atoms with Gasteiger partial charge < -0.3 is 14.4 Å². The average molecular weight is 318 g/mol. The Hall–Kier alpha value is -1.30. The van der Waals surface area contributed by atoms with Crippen molar-refractivity contribution in [3.05, 3.63) is 47.3 Å². The molecule has 0 saturated carbocycles. The Kier molecular flexibility index (Phi) is 5.18. The summed E-state index contributed by atoms with van der Waals surface area (Å²) in [6.45, 7) is 3.76. The zero-order valence-corrected chi connectivity index (χ0v) is 13.7. The van der Waals surface area contributed by atoms with Crippen molar-refractivity contribution >= 4 is 11.8 Å². The van der Waals surface area contributed by atoms with Crippen LogP contribution in [0.5, 0.6) is 0 Å². The molecule has 2 heterocycles. The zero-order valence-electron chi connectivity index (χ0n) is 12.9. The number of hydrogen-bond donors (Lipinski definition) is 1. The normalized spacial score (nSPS) is 18.0. The molecule has 1 aliphatic heterocycles. The summed E-state index contributed by atoms with van der Waals surface area (Å²) in [7, 11) is 0. The van der Waals surface area contributed by atoms with Gasteiger partial charge in [0.15, 0.2) is 5.16 Å². The molecule has 0 aliphatic carbocycles. The molecule has 1 fully saturated rings. The van der Waals surface area contributed by atoms with Gasteiger partial charge in [0.1, 0.15) is 0 Å². The molecule has 1 saturated heterocycles. The van der Waals surface area contributed by atoms with Gasteiger partial charge in [0.25, 0.3) is 0 Å². The number of hydrogen-bond acceptors (Lipinski definition) is 4. The summed E-state index contributed by atoms with van der Waals surface area (Å²) >= 11 is 1.71. The van der Waals surface area contributed by atoms with Crippen molar-refractivity contribution in [1.29, 1.82) is 0 Å². The SMILES string of the molecule is Cc1cccc(CSc2ncc(CO)n2C[C@H]2CCCO2)c1. The largest absolute Gasteiger partial charge is 0.390 e. The Bertz CT molecular complexity index is 621. The molecule has 1 aromatic heterocycles. The molecule has 22 heavy (non-hydrogen) atoms. The number of aryl methyl sites for hydroxylation is 1. The van der Waals surface area contributed by atoms with Crippen molar-refractivity contribution in [2.24, 2.45) is 0 Å². The number of ether oxygens (including phenoxy) is 1. The molecule has 0 unspecified atom stereocenters. The second-order valence-electron chi connectivity index (χ2n) is 5.71. The number of aromatic nitrogens is 2. The van der Waals surface area contributed by atoms with Crippen molar-refractivity contribution in [3.8, 4) is 0 Å². The van der Waals surface area contributed by atoms with E-state index >= 15 is 0 Å². The molecule has 0 bridgehead atoms. The molecule has 4 nitrogen and oxygen atoms in total. The van der Waals surface area contributed by atoms with Crippen molar-refractivity contribution in [1.82, 2.24) is 9.55 Å². The number of imidazole rings is 1. The van der Waals surface area contributed by atoms with Gasteiger partial charge in [-0.25, -0.2) is 4.98 Å². The Morgan fingerprint density at radius 1 is 1.45 bits per heavy atom. The van der Waals surface area contributed by atoms with E-state index in [2.05, 4.69) is 40.7 Å². The van der Waals surface area contributed by atoms with Crippen LogP contribution in [0.1, 0.15) is 29.7 Å². The Morgan fingerprint density at radius 3 is 3.09 bits per heavy atom. The van der Waals surface area contributed by atoms with Crippen molar-refractivity contribution in [3.63, 3.8) is 0 Å². The quantitative estimate of drug-likeness (QED) is 0.831. The third-order valence-corrected chi connectivity index (χ3v) is 4.99. The monoisotopic (exact) mass is 318 g/mol. The minimum absolute atomic E-state index is 0.0186. The molecular formula is C17H22N2O2S. The standard InChI is InChI=1S/C17H22N2O2S/c1-13-4-2-5-14(8-13)12-22-17-18-9-15(11-20)19(17)10-16-6-3-7-21-16/h2,4-5,8-9,16,20H,3,6-7,10-12H2,1H3/t16-/m1/s1. The van der Waals surface area contributed by atoms with E-state index in [1.807, 2.05) is 0 Å². The molecule has 1 aliphatic rings. The predicted octanol–water partition coefficient (Wildman–Crippen LogP) is 3.16. The van der Waals surface area contributed by atoms with Gasteiger partial charge in [-0.15, -0.1) is 0 Å². The van der Waals surface area contributed by atoms with Gasteiger partial charge in [-0.3, -0.25) is 0 Å². The van der Waals surface area contributed by atoms with Crippen LogP contribution >= 0.6 is 11.8 Å². The van der Waals surface area contributed by atoms with Crippen molar-refractivity contribution < 1.29 is 9.84 Å². The predicted molar refractivity (Wildman–Crippen MR) is 87.9 cm³/mol. The van der Waals surface area contributed by atoms with Crippen molar-refractivity contribution in [2.75, 3.05) is 6.61 Å². The van der Waals surface area contributed by atoms with E-state index in [1.165, 1.54) is 11.1 Å². The summed E-state index contributed by atoms with van der Waals surface area (Å²) in [6, 6.07) is 8.53. The van der Waals surface area contributed by atoms with Gasteiger partial charge in [-0.2, -0.15) is 0 Å². The van der Waals surface area contributed by atoms with Crippen LogP contribution in [0.2, 0.25) is 0 Å². The summed E-state index contributed by atoms with van der Waals surface area (Å²) in [5.74, 6) is 0.884. The van der Waals surface area contributed by atoms with E-state index < -0.39 is 0 Å². The van der Waals surface area contributed by atoms with E-state index in [0.717, 1.165) is 42.6 Å². The Balaban J connectivity index is 1.71. The van der Waals surface area contributed by atoms with Crippen LogP contribution in [0.25, 0.3) is 0 Å². The minimum atomic E-state index is 0.0186. The van der Waals surface area contributed by atoms with Gasteiger partial charge in [0.2, 0.25) is 0 Å². The van der Waals surface area contributed by atoms with Crippen LogP contribution in [-0.4, -0.2) is 27.4 Å². The summed E-state index contributed by atoms with van der Waals surface area (Å²) in [5.41, 5.74) is 3.43. The molecule has 0 radical (unpaired) electrons. The first kappa shape index (κ1) is 15.6. The number of thioether (sulfide) groups is 1. The van der Waals surface area contributed by atoms with E-state index in [1.54, 1.807) is 18.0 Å². The molecule has 3 rings (SSSR count). The molecule has 2 aromatic rings. The molecule has 0 amide bonds. The topological polar surface area (TPSA) is 47.3 Å². The smallest absolute Gasteiger partial charge is 0.168 e. The maximum atomic E-state index is 9.52. The molecule has 0 spiro atoms. The molecule has 118 valence electrons. The number of aliphatic hydroxyl groups is 1. The minimum Gasteiger partial charge on any atom is -0.390 e. The first-order chi connectivity index (χ1) is 10.8. The molecule has 1 atom stereocenters. The third-order valence-electron chi connectivity index (χ3n) is 3.92. The molecular weight excluding hydrogens is 296 g/mol. The third kappa shape index (κ3) is 3.72. The van der Waals surface area contributed by atoms with Crippen LogP contribution < -0.4 is 0 Å². The second-order valence-corrected chi connectivity index (χ2v) is 6.66. The second kappa shape index (κ2) is 7.31. The maximum Gasteiger partial charge on any atom is 0.168 e. The lowest BCUT2D eigenvalue weighted by atomic mass is 10.2. The van der Waals surface area contributed by atoms with Crippen LogP contribution in [0.15, 0.2) is 35.6 Å². The Labute approximate surface area is 135 Å². The van der Waals surface area contributed by atoms with Gasteiger partial charge in [-0.05, 0) is 25.3 Å². The van der Waals surface area contributed by atoms with Crippen LogP contribution in [0.3, 0.4) is 0 Å². The van der Waals surface area contributed by atoms with Crippen molar-refractivity contribution in [2.45, 2.75) is 49.9 Å². The van der Waals surface area contributed by atoms with Gasteiger partial charge in [0.05, 0.1) is 31.1 Å². The lowest BCUT2D eigenvalue weighted by molar-refractivity contribution is 0.0930. The van der Waals surface area contributed by atoms with E-state index in [-0.39, 0.29) is 12.7 Å². The maximum absolute atomic E-state index is 9.52. The fourth-order valence-corrected chi connectivity index (χ4v) is 3.72. The Morgan fingerprint density at radius 2 is 2.36 bits per heavy atom. The van der Waals surface area contributed by atoms with Gasteiger partial charge in [0, 0.05) is 12.4 Å².